The van der Waals surface area contributed by atoms with E-state index in [1.54, 1.807) is 23.7 Å². The van der Waals surface area contributed by atoms with Crippen LogP contribution in [0.3, 0.4) is 0 Å². The highest BCUT2D eigenvalue weighted by Crippen LogP contribution is 2.29. The largest absolute Gasteiger partial charge is 0.352 e. The Labute approximate surface area is 167 Å². The minimum absolute atomic E-state index is 0.0680. The lowest BCUT2D eigenvalue weighted by Gasteiger charge is -2.17. The molecule has 28 heavy (non-hydrogen) atoms. The van der Waals surface area contributed by atoms with Crippen LogP contribution in [0, 0.1) is 13.8 Å². The van der Waals surface area contributed by atoms with E-state index >= 15 is 0 Å². The predicted molar refractivity (Wildman–Crippen MR) is 108 cm³/mol. The van der Waals surface area contributed by atoms with Gasteiger partial charge in [0.1, 0.15) is 0 Å². The van der Waals surface area contributed by atoms with E-state index in [2.05, 4.69) is 30.4 Å². The topological polar surface area (TPSA) is 99.7 Å². The minimum atomic E-state index is 0.0680. The quantitative estimate of drug-likeness (QED) is 0.662. The number of carbonyl (C=O) groups is 1. The van der Waals surface area contributed by atoms with Crippen LogP contribution in [-0.4, -0.2) is 50.2 Å². The maximum atomic E-state index is 12.2. The summed E-state index contributed by atoms with van der Waals surface area (Å²) >= 11 is 1.65. The first-order valence-corrected chi connectivity index (χ1v) is 10.2. The number of amides is 1. The molecule has 1 unspecified atom stereocenters. The Hall–Kier alpha value is -2.81. The van der Waals surface area contributed by atoms with Crippen molar-refractivity contribution >= 4 is 23.2 Å². The summed E-state index contributed by atoms with van der Waals surface area (Å²) in [6, 6.07) is 2.05. The van der Waals surface area contributed by atoms with Crippen molar-refractivity contribution in [1.29, 1.82) is 0 Å². The highest BCUT2D eigenvalue weighted by Gasteiger charge is 2.26. The summed E-state index contributed by atoms with van der Waals surface area (Å²) in [6.45, 7) is 5.56. The van der Waals surface area contributed by atoms with Crippen LogP contribution in [0.2, 0.25) is 0 Å². The standard InChI is InChI=1S/C19H23N7OS/c1-12-18(28-13(2)23-12)16-5-7-20-19(25-16)26-8-6-15(11-26)24-17(27)4-3-14-9-21-22-10-14/h5,7,9-10,15H,3-4,6,8,11H2,1-2H3,(H,21,22)(H,24,27). The number of H-pyrrole nitrogens is 1. The van der Waals surface area contributed by atoms with Gasteiger partial charge in [0.2, 0.25) is 11.9 Å². The molecule has 1 aliphatic rings. The molecule has 0 radical (unpaired) electrons. The Kier molecular flexibility index (Phi) is 5.34. The number of aromatic amines is 1. The number of hydrogen-bond donors (Lipinski definition) is 2. The molecule has 1 fully saturated rings. The van der Waals surface area contributed by atoms with E-state index in [-0.39, 0.29) is 11.9 Å². The molecule has 0 saturated carbocycles. The van der Waals surface area contributed by atoms with Crippen molar-refractivity contribution in [2.75, 3.05) is 18.0 Å². The van der Waals surface area contributed by atoms with Gasteiger partial charge in [-0.15, -0.1) is 11.3 Å². The zero-order valence-electron chi connectivity index (χ0n) is 16.0. The molecule has 0 bridgehead atoms. The fourth-order valence-electron chi connectivity index (χ4n) is 3.43. The van der Waals surface area contributed by atoms with Crippen molar-refractivity contribution in [1.82, 2.24) is 30.5 Å². The van der Waals surface area contributed by atoms with Gasteiger partial charge in [0, 0.05) is 37.9 Å². The molecule has 2 N–H and O–H groups in total. The van der Waals surface area contributed by atoms with Gasteiger partial charge in [0.05, 0.1) is 27.5 Å². The average molecular weight is 398 g/mol. The van der Waals surface area contributed by atoms with Crippen molar-refractivity contribution in [2.24, 2.45) is 0 Å². The summed E-state index contributed by atoms with van der Waals surface area (Å²) in [5.74, 6) is 0.775. The third-order valence-electron chi connectivity index (χ3n) is 4.81. The molecule has 3 aromatic heterocycles. The number of hydrogen-bond acceptors (Lipinski definition) is 7. The average Bonchev–Trinajstić information content (AvgIpc) is 3.42. The van der Waals surface area contributed by atoms with Crippen LogP contribution in [-0.2, 0) is 11.2 Å². The highest BCUT2D eigenvalue weighted by atomic mass is 32.1. The monoisotopic (exact) mass is 397 g/mol. The highest BCUT2D eigenvalue weighted by molar-refractivity contribution is 7.15. The molecule has 0 aromatic carbocycles. The Bertz CT molecular complexity index is 953. The van der Waals surface area contributed by atoms with Gasteiger partial charge in [-0.2, -0.15) is 5.10 Å². The number of nitrogens with one attached hydrogen (secondary N) is 2. The maximum Gasteiger partial charge on any atom is 0.225 e. The molecule has 3 aromatic rings. The fourth-order valence-corrected chi connectivity index (χ4v) is 4.32. The van der Waals surface area contributed by atoms with E-state index < -0.39 is 0 Å². The maximum absolute atomic E-state index is 12.2. The number of rotatable bonds is 6. The Morgan fingerprint density at radius 2 is 2.29 bits per heavy atom. The van der Waals surface area contributed by atoms with E-state index in [1.165, 1.54) is 0 Å². The van der Waals surface area contributed by atoms with Gasteiger partial charge in [0.25, 0.3) is 0 Å². The van der Waals surface area contributed by atoms with Crippen LogP contribution < -0.4 is 10.2 Å². The Morgan fingerprint density at radius 3 is 3.04 bits per heavy atom. The lowest BCUT2D eigenvalue weighted by molar-refractivity contribution is -0.121. The molecule has 9 heteroatoms. The summed E-state index contributed by atoms with van der Waals surface area (Å²) < 4.78 is 0. The van der Waals surface area contributed by atoms with E-state index in [4.69, 9.17) is 4.98 Å². The second-order valence-electron chi connectivity index (χ2n) is 6.99. The van der Waals surface area contributed by atoms with Gasteiger partial charge in [-0.1, -0.05) is 0 Å². The zero-order valence-corrected chi connectivity index (χ0v) is 16.8. The molecule has 146 valence electrons. The molecule has 8 nitrogen and oxygen atoms in total. The summed E-state index contributed by atoms with van der Waals surface area (Å²) in [6.07, 6.45) is 7.42. The van der Waals surface area contributed by atoms with Gasteiger partial charge in [-0.3, -0.25) is 9.89 Å². The number of aryl methyl sites for hydroxylation is 3. The fraction of sp³-hybridized carbons (Fsp3) is 0.421. The van der Waals surface area contributed by atoms with Crippen molar-refractivity contribution in [3.8, 4) is 10.6 Å². The van der Waals surface area contributed by atoms with E-state index in [9.17, 15) is 4.79 Å². The summed E-state index contributed by atoms with van der Waals surface area (Å²) in [4.78, 5) is 29.1. The van der Waals surface area contributed by atoms with Crippen molar-refractivity contribution in [2.45, 2.75) is 39.2 Å². The van der Waals surface area contributed by atoms with Crippen LogP contribution in [0.4, 0.5) is 5.95 Å². The number of aromatic nitrogens is 5. The van der Waals surface area contributed by atoms with Crippen LogP contribution in [0.25, 0.3) is 10.6 Å². The molecular weight excluding hydrogens is 374 g/mol. The first-order chi connectivity index (χ1) is 13.6. The summed E-state index contributed by atoms with van der Waals surface area (Å²) in [5.41, 5.74) is 2.94. The first-order valence-electron chi connectivity index (χ1n) is 9.38. The molecule has 4 heterocycles. The predicted octanol–water partition coefficient (Wildman–Crippen LogP) is 2.27. The van der Waals surface area contributed by atoms with Gasteiger partial charge >= 0.3 is 0 Å². The minimum Gasteiger partial charge on any atom is -0.352 e. The van der Waals surface area contributed by atoms with E-state index in [0.29, 0.717) is 18.8 Å². The molecule has 4 rings (SSSR count). The Balaban J connectivity index is 1.35. The molecule has 0 spiro atoms. The van der Waals surface area contributed by atoms with Crippen molar-refractivity contribution in [3.05, 3.63) is 40.9 Å². The van der Waals surface area contributed by atoms with Gasteiger partial charge in [0.15, 0.2) is 0 Å². The zero-order chi connectivity index (χ0) is 19.5. The molecule has 1 atom stereocenters. The number of carbonyl (C=O) groups excluding carboxylic acids is 1. The van der Waals surface area contributed by atoms with Crippen LogP contribution in [0.5, 0.6) is 0 Å². The van der Waals surface area contributed by atoms with Crippen molar-refractivity contribution < 1.29 is 4.79 Å². The van der Waals surface area contributed by atoms with Crippen LogP contribution in [0.1, 0.15) is 29.1 Å². The second-order valence-corrected chi connectivity index (χ2v) is 8.20. The van der Waals surface area contributed by atoms with Crippen LogP contribution >= 0.6 is 11.3 Å². The summed E-state index contributed by atoms with van der Waals surface area (Å²) in [5, 5.41) is 10.8. The number of nitrogens with zero attached hydrogens (tertiary/aromatic N) is 5. The third kappa shape index (κ3) is 4.19. The van der Waals surface area contributed by atoms with Crippen molar-refractivity contribution in [3.63, 3.8) is 0 Å². The lowest BCUT2D eigenvalue weighted by Crippen LogP contribution is -2.37. The van der Waals surface area contributed by atoms with E-state index in [1.807, 2.05) is 26.1 Å². The van der Waals surface area contributed by atoms with Gasteiger partial charge in [-0.25, -0.2) is 15.0 Å². The third-order valence-corrected chi connectivity index (χ3v) is 5.91. The van der Waals surface area contributed by atoms with E-state index in [0.717, 1.165) is 46.3 Å². The second kappa shape index (κ2) is 8.05. The lowest BCUT2D eigenvalue weighted by atomic mass is 10.2. The SMILES string of the molecule is Cc1nc(C)c(-c2ccnc(N3CCC(NC(=O)CCc4cn[nH]c4)C3)n2)s1. The Morgan fingerprint density at radius 1 is 1.39 bits per heavy atom. The van der Waals surface area contributed by atoms with Gasteiger partial charge in [-0.05, 0) is 38.3 Å². The smallest absolute Gasteiger partial charge is 0.225 e. The molecule has 1 saturated heterocycles. The van der Waals surface area contributed by atoms with Gasteiger partial charge < -0.3 is 10.2 Å². The molecule has 1 amide bonds. The normalized spacial score (nSPS) is 16.5. The molecular formula is C19H23N7OS. The first kappa shape index (κ1) is 18.5. The molecule has 0 aliphatic carbocycles. The molecule has 1 aliphatic heterocycles. The number of thiazole rings is 1. The number of anilines is 1. The van der Waals surface area contributed by atoms with Crippen LogP contribution in [0.15, 0.2) is 24.7 Å². The summed E-state index contributed by atoms with van der Waals surface area (Å²) in [7, 11) is 0.